The molecular formula is C15H20N2O3S. The first-order chi connectivity index (χ1) is 9.96. The molecule has 114 valence electrons. The molecule has 1 saturated carbocycles. The van der Waals surface area contributed by atoms with Crippen LogP contribution in [0.4, 0.5) is 0 Å². The molecule has 1 heterocycles. The third kappa shape index (κ3) is 4.20. The molecule has 1 aromatic heterocycles. The number of hydrogen-bond donors (Lipinski definition) is 0. The second-order valence-corrected chi connectivity index (χ2v) is 6.62. The van der Waals surface area contributed by atoms with E-state index in [1.807, 2.05) is 6.07 Å². The van der Waals surface area contributed by atoms with E-state index >= 15 is 0 Å². The average molecular weight is 308 g/mol. The lowest BCUT2D eigenvalue weighted by Crippen LogP contribution is -2.21. The summed E-state index contributed by atoms with van der Waals surface area (Å²) >= 11 is 1.63. The van der Waals surface area contributed by atoms with Crippen LogP contribution in [0.1, 0.15) is 29.6 Å². The molecular weight excluding hydrogens is 288 g/mol. The monoisotopic (exact) mass is 308 g/mol. The smallest absolute Gasteiger partial charge is 0.306 e. The van der Waals surface area contributed by atoms with Gasteiger partial charge in [-0.2, -0.15) is 0 Å². The van der Waals surface area contributed by atoms with E-state index in [0.717, 1.165) is 23.6 Å². The number of rotatable bonds is 6. The van der Waals surface area contributed by atoms with Crippen molar-refractivity contribution in [2.45, 2.75) is 24.3 Å². The molecule has 1 aliphatic rings. The van der Waals surface area contributed by atoms with Gasteiger partial charge in [-0.15, -0.1) is 11.8 Å². The molecule has 0 saturated heterocycles. The van der Waals surface area contributed by atoms with Crippen molar-refractivity contribution >= 4 is 23.6 Å². The normalized spacial score (nSPS) is 15.4. The molecule has 1 aliphatic carbocycles. The quantitative estimate of drug-likeness (QED) is 0.596. The zero-order valence-electron chi connectivity index (χ0n) is 12.6. The zero-order valence-corrected chi connectivity index (χ0v) is 13.4. The molecule has 21 heavy (non-hydrogen) atoms. The highest BCUT2D eigenvalue weighted by atomic mass is 32.2. The minimum absolute atomic E-state index is 0.0524. The van der Waals surface area contributed by atoms with Crippen molar-refractivity contribution in [1.29, 1.82) is 0 Å². The van der Waals surface area contributed by atoms with Gasteiger partial charge in [0.1, 0.15) is 0 Å². The van der Waals surface area contributed by atoms with E-state index in [1.165, 1.54) is 12.0 Å². The van der Waals surface area contributed by atoms with Crippen LogP contribution in [0, 0.1) is 5.41 Å². The molecule has 6 heteroatoms. The molecule has 0 aliphatic heterocycles. The first kappa shape index (κ1) is 15.8. The van der Waals surface area contributed by atoms with Gasteiger partial charge in [0, 0.05) is 26.0 Å². The van der Waals surface area contributed by atoms with Crippen molar-refractivity contribution in [3.05, 3.63) is 23.9 Å². The second-order valence-electron chi connectivity index (χ2n) is 5.63. The third-order valence-electron chi connectivity index (χ3n) is 3.62. The van der Waals surface area contributed by atoms with E-state index in [0.29, 0.717) is 12.0 Å². The Morgan fingerprint density at radius 3 is 2.57 bits per heavy atom. The molecule has 5 nitrogen and oxygen atoms in total. The Labute approximate surface area is 129 Å². The van der Waals surface area contributed by atoms with Crippen LogP contribution in [0.2, 0.25) is 0 Å². The van der Waals surface area contributed by atoms with Crippen LogP contribution in [-0.4, -0.2) is 48.7 Å². The minimum Gasteiger partial charge on any atom is -0.469 e. The summed E-state index contributed by atoms with van der Waals surface area (Å²) in [6.07, 6.45) is 4.21. The summed E-state index contributed by atoms with van der Waals surface area (Å²) in [5, 5.41) is 0.876. The predicted molar refractivity (Wildman–Crippen MR) is 81.3 cm³/mol. The van der Waals surface area contributed by atoms with Crippen molar-refractivity contribution in [2.75, 3.05) is 27.0 Å². The van der Waals surface area contributed by atoms with Gasteiger partial charge < -0.3 is 9.64 Å². The molecule has 0 unspecified atom stereocenters. The molecule has 0 atom stereocenters. The van der Waals surface area contributed by atoms with E-state index in [9.17, 15) is 9.59 Å². The summed E-state index contributed by atoms with van der Waals surface area (Å²) in [6, 6.07) is 3.65. The van der Waals surface area contributed by atoms with E-state index in [1.54, 1.807) is 38.1 Å². The first-order valence-corrected chi connectivity index (χ1v) is 7.82. The standard InChI is InChI=1S/C15H20N2O3S/c1-17(2)14(19)11-4-5-12(16-9-11)21-10-15(6-7-15)8-13(18)20-3/h4-5,9H,6-8,10H2,1-3H3. The van der Waals surface area contributed by atoms with E-state index < -0.39 is 0 Å². The highest BCUT2D eigenvalue weighted by molar-refractivity contribution is 7.99. The van der Waals surface area contributed by atoms with Crippen molar-refractivity contribution in [3.8, 4) is 0 Å². The van der Waals surface area contributed by atoms with Gasteiger partial charge in [-0.05, 0) is 30.4 Å². The Morgan fingerprint density at radius 2 is 2.10 bits per heavy atom. The lowest BCUT2D eigenvalue weighted by molar-refractivity contribution is -0.141. The van der Waals surface area contributed by atoms with Gasteiger partial charge in [0.2, 0.25) is 0 Å². The van der Waals surface area contributed by atoms with Crippen LogP contribution in [-0.2, 0) is 9.53 Å². The van der Waals surface area contributed by atoms with Gasteiger partial charge in [0.25, 0.3) is 5.91 Å². The van der Waals surface area contributed by atoms with Crippen molar-refractivity contribution in [3.63, 3.8) is 0 Å². The van der Waals surface area contributed by atoms with E-state index in [2.05, 4.69) is 4.98 Å². The van der Waals surface area contributed by atoms with E-state index in [4.69, 9.17) is 4.74 Å². The number of carbonyl (C=O) groups excluding carboxylic acids is 2. The highest BCUT2D eigenvalue weighted by Gasteiger charge is 2.44. The summed E-state index contributed by atoms with van der Waals surface area (Å²) in [4.78, 5) is 29.0. The molecule has 1 fully saturated rings. The first-order valence-electron chi connectivity index (χ1n) is 6.83. The Hall–Kier alpha value is -1.56. The molecule has 0 aromatic carbocycles. The Balaban J connectivity index is 1.90. The molecule has 2 rings (SSSR count). The molecule has 0 N–H and O–H groups in total. The molecule has 0 radical (unpaired) electrons. The number of amides is 1. The van der Waals surface area contributed by atoms with Crippen LogP contribution < -0.4 is 0 Å². The van der Waals surface area contributed by atoms with Gasteiger partial charge in [-0.3, -0.25) is 9.59 Å². The lowest BCUT2D eigenvalue weighted by Gasteiger charge is -2.13. The SMILES string of the molecule is COC(=O)CC1(CSc2ccc(C(=O)N(C)C)cn2)CC1. The summed E-state index contributed by atoms with van der Waals surface area (Å²) in [7, 11) is 4.86. The minimum atomic E-state index is -0.145. The van der Waals surface area contributed by atoms with Gasteiger partial charge in [0.05, 0.1) is 24.1 Å². The molecule has 1 amide bonds. The summed E-state index contributed by atoms with van der Waals surface area (Å²) in [6.45, 7) is 0. The third-order valence-corrected chi connectivity index (χ3v) is 4.91. The van der Waals surface area contributed by atoms with Crippen molar-refractivity contribution < 1.29 is 14.3 Å². The van der Waals surface area contributed by atoms with Crippen LogP contribution >= 0.6 is 11.8 Å². The average Bonchev–Trinajstić information content (AvgIpc) is 3.24. The number of esters is 1. The number of hydrogen-bond acceptors (Lipinski definition) is 5. The maximum Gasteiger partial charge on any atom is 0.306 e. The number of nitrogens with zero attached hydrogens (tertiary/aromatic N) is 2. The fraction of sp³-hybridized carbons (Fsp3) is 0.533. The summed E-state index contributed by atoms with van der Waals surface area (Å²) in [5.41, 5.74) is 0.664. The number of carbonyl (C=O) groups is 2. The predicted octanol–water partition coefficient (Wildman–Crippen LogP) is 2.22. The second kappa shape index (κ2) is 6.47. The van der Waals surface area contributed by atoms with Gasteiger partial charge in [-0.25, -0.2) is 4.98 Å². The zero-order chi connectivity index (χ0) is 15.5. The highest BCUT2D eigenvalue weighted by Crippen LogP contribution is 2.51. The number of thioether (sulfide) groups is 1. The topological polar surface area (TPSA) is 59.5 Å². The maximum atomic E-state index is 11.8. The van der Waals surface area contributed by atoms with Crippen LogP contribution in [0.5, 0.6) is 0 Å². The lowest BCUT2D eigenvalue weighted by atomic mass is 10.1. The summed E-state index contributed by atoms with van der Waals surface area (Å²) in [5.74, 6) is 0.659. The number of pyridine rings is 1. The van der Waals surface area contributed by atoms with Crippen molar-refractivity contribution in [2.24, 2.45) is 5.41 Å². The fourth-order valence-electron chi connectivity index (χ4n) is 2.00. The van der Waals surface area contributed by atoms with Crippen LogP contribution in [0.3, 0.4) is 0 Å². The fourth-order valence-corrected chi connectivity index (χ4v) is 3.14. The number of methoxy groups -OCH3 is 1. The van der Waals surface area contributed by atoms with Crippen LogP contribution in [0.25, 0.3) is 0 Å². The van der Waals surface area contributed by atoms with Gasteiger partial charge in [-0.1, -0.05) is 0 Å². The van der Waals surface area contributed by atoms with Crippen LogP contribution in [0.15, 0.2) is 23.4 Å². The maximum absolute atomic E-state index is 11.8. The van der Waals surface area contributed by atoms with Gasteiger partial charge >= 0.3 is 5.97 Å². The molecule has 1 aromatic rings. The molecule has 0 bridgehead atoms. The summed E-state index contributed by atoms with van der Waals surface area (Å²) < 4.78 is 4.74. The Kier molecular flexibility index (Phi) is 4.88. The van der Waals surface area contributed by atoms with Crippen molar-refractivity contribution in [1.82, 2.24) is 9.88 Å². The Bertz CT molecular complexity index is 524. The number of aromatic nitrogens is 1. The largest absolute Gasteiger partial charge is 0.469 e. The Morgan fingerprint density at radius 1 is 1.38 bits per heavy atom. The van der Waals surface area contributed by atoms with E-state index in [-0.39, 0.29) is 17.3 Å². The number of ether oxygens (including phenoxy) is 1. The molecule has 0 spiro atoms. The van der Waals surface area contributed by atoms with Gasteiger partial charge in [0.15, 0.2) is 0 Å².